The Kier molecular flexibility index (Phi) is 4.23. The number of benzene rings is 2. The Morgan fingerprint density at radius 2 is 1.76 bits per heavy atom. The van der Waals surface area contributed by atoms with Crippen LogP contribution in [0, 0.1) is 11.3 Å². The summed E-state index contributed by atoms with van der Waals surface area (Å²) < 4.78 is 3.56. The van der Waals surface area contributed by atoms with E-state index in [0.29, 0.717) is 5.56 Å². The van der Waals surface area contributed by atoms with Crippen molar-refractivity contribution in [3.05, 3.63) is 82.9 Å². The lowest BCUT2D eigenvalue weighted by Gasteiger charge is -2.09. The Morgan fingerprint density at radius 3 is 2.41 bits per heavy atom. The van der Waals surface area contributed by atoms with E-state index in [2.05, 4.69) is 16.4 Å². The standard InChI is InChI=1S/C23H19N5O/c24-14-16-3-5-17(6-4-16)18-7-9-19(10-8-18)27-21-2-1-12-26-22(21)28(23(27)29)20-11-13-25-15-20/h1-10,12,20,25H,11,13,15H2. The molecular weight excluding hydrogens is 362 g/mol. The first-order chi connectivity index (χ1) is 14.3. The summed E-state index contributed by atoms with van der Waals surface area (Å²) in [4.78, 5) is 17.8. The van der Waals surface area contributed by atoms with Gasteiger partial charge in [0.25, 0.3) is 0 Å². The van der Waals surface area contributed by atoms with Crippen molar-refractivity contribution in [1.82, 2.24) is 19.4 Å². The molecule has 4 aromatic rings. The molecular formula is C23H19N5O. The highest BCUT2D eigenvalue weighted by atomic mass is 16.1. The van der Waals surface area contributed by atoms with Crippen LogP contribution in [0.25, 0.3) is 28.0 Å². The SMILES string of the molecule is N#Cc1ccc(-c2ccc(-n3c(=O)n(C4CCNC4)c4ncccc43)cc2)cc1. The predicted molar refractivity (Wildman–Crippen MR) is 112 cm³/mol. The molecule has 0 bridgehead atoms. The van der Waals surface area contributed by atoms with Crippen molar-refractivity contribution >= 4 is 11.2 Å². The van der Waals surface area contributed by atoms with Gasteiger partial charge in [-0.15, -0.1) is 0 Å². The zero-order valence-electron chi connectivity index (χ0n) is 15.7. The first-order valence-corrected chi connectivity index (χ1v) is 9.66. The average Bonchev–Trinajstić information content (AvgIpc) is 3.39. The maximum absolute atomic E-state index is 13.3. The van der Waals surface area contributed by atoms with E-state index >= 15 is 0 Å². The largest absolute Gasteiger partial charge is 0.335 e. The van der Waals surface area contributed by atoms with Gasteiger partial charge in [-0.25, -0.2) is 9.78 Å². The zero-order valence-corrected chi connectivity index (χ0v) is 15.7. The van der Waals surface area contributed by atoms with Gasteiger partial charge in [-0.1, -0.05) is 24.3 Å². The predicted octanol–water partition coefficient (Wildman–Crippen LogP) is 3.26. The van der Waals surface area contributed by atoms with Crippen molar-refractivity contribution in [2.45, 2.75) is 12.5 Å². The quantitative estimate of drug-likeness (QED) is 0.591. The van der Waals surface area contributed by atoms with Gasteiger partial charge in [-0.05, 0) is 60.5 Å². The smallest absolute Gasteiger partial charge is 0.315 e. The number of hydrogen-bond donors (Lipinski definition) is 1. The van der Waals surface area contributed by atoms with Crippen LogP contribution in [0.15, 0.2) is 71.7 Å². The molecule has 1 unspecified atom stereocenters. The van der Waals surface area contributed by atoms with Crippen LogP contribution in [0.3, 0.4) is 0 Å². The van der Waals surface area contributed by atoms with E-state index in [9.17, 15) is 4.79 Å². The molecule has 6 heteroatoms. The maximum atomic E-state index is 13.3. The first-order valence-electron chi connectivity index (χ1n) is 9.66. The summed E-state index contributed by atoms with van der Waals surface area (Å²) in [7, 11) is 0. The van der Waals surface area contributed by atoms with Crippen LogP contribution >= 0.6 is 0 Å². The molecule has 1 fully saturated rings. The Bertz CT molecular complexity index is 1270. The van der Waals surface area contributed by atoms with Crippen molar-refractivity contribution in [2.75, 3.05) is 13.1 Å². The molecule has 5 rings (SSSR count). The van der Waals surface area contributed by atoms with Crippen molar-refractivity contribution in [3.8, 4) is 22.9 Å². The van der Waals surface area contributed by atoms with Gasteiger partial charge in [0.2, 0.25) is 0 Å². The van der Waals surface area contributed by atoms with Crippen LogP contribution in [0.1, 0.15) is 18.0 Å². The van der Waals surface area contributed by atoms with Gasteiger partial charge in [0.1, 0.15) is 0 Å². The molecule has 0 radical (unpaired) electrons. The van der Waals surface area contributed by atoms with Gasteiger partial charge in [-0.2, -0.15) is 5.26 Å². The van der Waals surface area contributed by atoms with Gasteiger partial charge < -0.3 is 5.32 Å². The van der Waals surface area contributed by atoms with E-state index in [1.54, 1.807) is 10.8 Å². The molecule has 29 heavy (non-hydrogen) atoms. The van der Waals surface area contributed by atoms with E-state index < -0.39 is 0 Å². The highest BCUT2D eigenvalue weighted by Crippen LogP contribution is 2.25. The lowest BCUT2D eigenvalue weighted by atomic mass is 10.0. The minimum Gasteiger partial charge on any atom is -0.315 e. The second-order valence-electron chi connectivity index (χ2n) is 7.22. The van der Waals surface area contributed by atoms with Gasteiger partial charge >= 0.3 is 5.69 Å². The molecule has 2 aromatic carbocycles. The number of nitriles is 1. The summed E-state index contributed by atoms with van der Waals surface area (Å²) in [6.07, 6.45) is 2.66. The highest BCUT2D eigenvalue weighted by molar-refractivity contribution is 5.75. The third-order valence-electron chi connectivity index (χ3n) is 5.50. The molecule has 0 spiro atoms. The molecule has 2 aromatic heterocycles. The molecule has 1 saturated heterocycles. The van der Waals surface area contributed by atoms with Crippen molar-refractivity contribution in [1.29, 1.82) is 5.26 Å². The fourth-order valence-corrected chi connectivity index (χ4v) is 4.03. The Hall–Kier alpha value is -3.69. The molecule has 1 N–H and O–H groups in total. The van der Waals surface area contributed by atoms with Gasteiger partial charge in [0.15, 0.2) is 5.65 Å². The van der Waals surface area contributed by atoms with Crippen molar-refractivity contribution in [3.63, 3.8) is 0 Å². The number of pyridine rings is 1. The van der Waals surface area contributed by atoms with Gasteiger partial charge in [0.05, 0.1) is 28.9 Å². The van der Waals surface area contributed by atoms with Crippen molar-refractivity contribution < 1.29 is 0 Å². The van der Waals surface area contributed by atoms with E-state index in [1.807, 2.05) is 65.2 Å². The van der Waals surface area contributed by atoms with Gasteiger partial charge in [-0.3, -0.25) is 9.13 Å². The molecule has 0 aliphatic carbocycles. The molecule has 3 heterocycles. The van der Waals surface area contributed by atoms with Crippen LogP contribution in [-0.4, -0.2) is 27.2 Å². The average molecular weight is 381 g/mol. The molecule has 0 saturated carbocycles. The lowest BCUT2D eigenvalue weighted by molar-refractivity contribution is 0.537. The first kappa shape index (κ1) is 17.4. The third kappa shape index (κ3) is 2.93. The second kappa shape index (κ2) is 7.04. The summed E-state index contributed by atoms with van der Waals surface area (Å²) in [6.45, 7) is 1.70. The van der Waals surface area contributed by atoms with Crippen LogP contribution in [-0.2, 0) is 0 Å². The number of aromatic nitrogens is 3. The van der Waals surface area contributed by atoms with Crippen LogP contribution < -0.4 is 11.0 Å². The summed E-state index contributed by atoms with van der Waals surface area (Å²) in [6, 6.07) is 21.5. The third-order valence-corrected chi connectivity index (χ3v) is 5.50. The summed E-state index contributed by atoms with van der Waals surface area (Å²) in [5.41, 5.74) is 5.00. The Balaban J connectivity index is 1.60. The molecule has 1 aliphatic heterocycles. The topological polar surface area (TPSA) is 75.6 Å². The number of fused-ring (bicyclic) bond motifs is 1. The molecule has 142 valence electrons. The molecule has 1 aliphatic rings. The summed E-state index contributed by atoms with van der Waals surface area (Å²) in [5, 5.41) is 12.3. The van der Waals surface area contributed by atoms with E-state index in [1.165, 1.54) is 0 Å². The highest BCUT2D eigenvalue weighted by Gasteiger charge is 2.24. The minimum absolute atomic E-state index is 0.0569. The maximum Gasteiger partial charge on any atom is 0.335 e. The summed E-state index contributed by atoms with van der Waals surface area (Å²) in [5.74, 6) is 0. The normalized spacial score (nSPS) is 16.2. The van der Waals surface area contributed by atoms with E-state index in [-0.39, 0.29) is 11.7 Å². The fourth-order valence-electron chi connectivity index (χ4n) is 4.03. The Labute approximate surface area is 167 Å². The lowest BCUT2D eigenvalue weighted by Crippen LogP contribution is -2.28. The molecule has 1 atom stereocenters. The van der Waals surface area contributed by atoms with E-state index in [0.717, 1.165) is 47.5 Å². The van der Waals surface area contributed by atoms with E-state index in [4.69, 9.17) is 5.26 Å². The van der Waals surface area contributed by atoms with Crippen LogP contribution in [0.5, 0.6) is 0 Å². The van der Waals surface area contributed by atoms with Crippen molar-refractivity contribution in [2.24, 2.45) is 0 Å². The van der Waals surface area contributed by atoms with Crippen LogP contribution in [0.4, 0.5) is 0 Å². The number of rotatable bonds is 3. The fraction of sp³-hybridized carbons (Fsp3) is 0.174. The Morgan fingerprint density at radius 1 is 1.03 bits per heavy atom. The number of hydrogen-bond acceptors (Lipinski definition) is 4. The van der Waals surface area contributed by atoms with Crippen LogP contribution in [0.2, 0.25) is 0 Å². The molecule has 6 nitrogen and oxygen atoms in total. The number of nitrogens with zero attached hydrogens (tertiary/aromatic N) is 4. The molecule has 0 amide bonds. The second-order valence-corrected chi connectivity index (χ2v) is 7.22. The number of nitrogens with one attached hydrogen (secondary N) is 1. The number of imidazole rings is 1. The van der Waals surface area contributed by atoms with Gasteiger partial charge in [0, 0.05) is 12.7 Å². The monoisotopic (exact) mass is 381 g/mol. The summed E-state index contributed by atoms with van der Waals surface area (Å²) >= 11 is 0. The zero-order chi connectivity index (χ0) is 19.8. The minimum atomic E-state index is -0.0569.